The number of benzene rings is 1. The lowest BCUT2D eigenvalue weighted by Gasteiger charge is -1.99. The number of nitrogens with zero attached hydrogens (tertiary/aromatic N) is 1. The molecule has 0 radical (unpaired) electrons. The summed E-state index contributed by atoms with van der Waals surface area (Å²) in [7, 11) is 1.65. The first-order valence-electron chi connectivity index (χ1n) is 3.63. The van der Waals surface area contributed by atoms with Gasteiger partial charge in [0, 0.05) is 9.86 Å². The van der Waals surface area contributed by atoms with Gasteiger partial charge in [0.15, 0.2) is 0 Å². The van der Waals surface area contributed by atoms with E-state index in [0.29, 0.717) is 0 Å². The first-order valence-corrected chi connectivity index (χ1v) is 4.42. The van der Waals surface area contributed by atoms with Gasteiger partial charge in [-0.3, -0.25) is 0 Å². The molecule has 0 saturated carbocycles. The van der Waals surface area contributed by atoms with Crippen LogP contribution in [0.4, 0.5) is 0 Å². The zero-order valence-electron chi connectivity index (χ0n) is 6.62. The first-order chi connectivity index (χ1) is 5.83. The highest BCUT2D eigenvalue weighted by molar-refractivity contribution is 9.10. The van der Waals surface area contributed by atoms with Crippen LogP contribution in [-0.2, 0) is 0 Å². The number of para-hydroxylation sites is 1. The van der Waals surface area contributed by atoms with Crippen molar-refractivity contribution < 1.29 is 4.84 Å². The van der Waals surface area contributed by atoms with E-state index in [9.17, 15) is 0 Å². The third kappa shape index (κ3) is 1.01. The number of fused-ring (bicyclic) bond motifs is 1. The molecule has 0 bridgehead atoms. The van der Waals surface area contributed by atoms with Gasteiger partial charge in [-0.15, -0.1) is 0 Å². The van der Waals surface area contributed by atoms with Crippen molar-refractivity contribution in [3.8, 4) is 0 Å². The minimum Gasteiger partial charge on any atom is -0.417 e. The largest absolute Gasteiger partial charge is 0.417 e. The Hall–Kier alpha value is -0.960. The molecule has 0 unspecified atom stereocenters. The second kappa shape index (κ2) is 2.83. The Bertz CT molecular complexity index is 408. The maximum atomic E-state index is 5.13. The molecular formula is C9H8BrNO. The van der Waals surface area contributed by atoms with Crippen molar-refractivity contribution in [3.05, 3.63) is 34.9 Å². The van der Waals surface area contributed by atoms with Gasteiger partial charge in [-0.2, -0.15) is 4.73 Å². The Kier molecular flexibility index (Phi) is 1.81. The minimum atomic E-state index is 1.06. The molecule has 3 heteroatoms. The van der Waals surface area contributed by atoms with Crippen LogP contribution in [-0.4, -0.2) is 11.8 Å². The molecule has 62 valence electrons. The molecule has 0 fully saturated rings. The third-order valence-corrected chi connectivity index (χ3v) is 2.46. The van der Waals surface area contributed by atoms with E-state index < -0.39 is 0 Å². The Morgan fingerprint density at radius 3 is 2.83 bits per heavy atom. The highest BCUT2D eigenvalue weighted by atomic mass is 79.9. The maximum absolute atomic E-state index is 5.13. The highest BCUT2D eigenvalue weighted by Crippen LogP contribution is 2.24. The van der Waals surface area contributed by atoms with E-state index in [-0.39, 0.29) is 0 Å². The van der Waals surface area contributed by atoms with E-state index in [1.54, 1.807) is 11.8 Å². The molecule has 2 rings (SSSR count). The molecule has 0 aliphatic heterocycles. The number of hydrogen-bond donors (Lipinski definition) is 0. The molecule has 2 aromatic rings. The van der Waals surface area contributed by atoms with E-state index in [1.807, 2.05) is 24.4 Å². The summed E-state index contributed by atoms with van der Waals surface area (Å²) in [5, 5.41) is 1.17. The smallest absolute Gasteiger partial charge is 0.104 e. The van der Waals surface area contributed by atoms with Crippen LogP contribution in [0.3, 0.4) is 0 Å². The fourth-order valence-corrected chi connectivity index (χ4v) is 1.78. The predicted molar refractivity (Wildman–Crippen MR) is 52.1 cm³/mol. The zero-order valence-corrected chi connectivity index (χ0v) is 8.21. The van der Waals surface area contributed by atoms with Crippen molar-refractivity contribution in [3.63, 3.8) is 0 Å². The second-order valence-corrected chi connectivity index (χ2v) is 3.36. The average Bonchev–Trinajstić information content (AvgIpc) is 2.44. The van der Waals surface area contributed by atoms with Crippen LogP contribution in [0.2, 0.25) is 0 Å². The summed E-state index contributed by atoms with van der Waals surface area (Å²) in [6.07, 6.45) is 1.91. The van der Waals surface area contributed by atoms with Gasteiger partial charge in [-0.25, -0.2) is 0 Å². The molecule has 0 spiro atoms. The SMILES string of the molecule is COn1cc(Br)c2ccccc21. The molecule has 0 saturated heterocycles. The lowest BCUT2D eigenvalue weighted by molar-refractivity contribution is 0.179. The molecular weight excluding hydrogens is 218 g/mol. The molecule has 0 amide bonds. The summed E-state index contributed by atoms with van der Waals surface area (Å²) in [6.45, 7) is 0. The fraction of sp³-hybridized carbons (Fsp3) is 0.111. The summed E-state index contributed by atoms with van der Waals surface area (Å²) in [6, 6.07) is 8.07. The number of aromatic nitrogens is 1. The molecule has 1 heterocycles. The topological polar surface area (TPSA) is 14.2 Å². The van der Waals surface area contributed by atoms with E-state index in [1.165, 1.54) is 5.39 Å². The minimum absolute atomic E-state index is 1.06. The molecule has 0 aliphatic rings. The van der Waals surface area contributed by atoms with Gasteiger partial charge >= 0.3 is 0 Å². The van der Waals surface area contributed by atoms with E-state index in [4.69, 9.17) is 4.84 Å². The van der Waals surface area contributed by atoms with Crippen molar-refractivity contribution >= 4 is 26.8 Å². The maximum Gasteiger partial charge on any atom is 0.104 e. The Morgan fingerprint density at radius 2 is 2.08 bits per heavy atom. The van der Waals surface area contributed by atoms with Crippen LogP contribution in [0.25, 0.3) is 10.9 Å². The van der Waals surface area contributed by atoms with Crippen LogP contribution in [0.1, 0.15) is 0 Å². The van der Waals surface area contributed by atoms with E-state index in [2.05, 4.69) is 22.0 Å². The quantitative estimate of drug-likeness (QED) is 0.728. The van der Waals surface area contributed by atoms with Crippen LogP contribution in [0, 0.1) is 0 Å². The lowest BCUT2D eigenvalue weighted by atomic mass is 10.3. The molecule has 0 N–H and O–H groups in total. The Balaban J connectivity index is 2.82. The summed E-state index contributed by atoms with van der Waals surface area (Å²) >= 11 is 3.46. The van der Waals surface area contributed by atoms with Crippen LogP contribution in [0.5, 0.6) is 0 Å². The number of hydrogen-bond acceptors (Lipinski definition) is 1. The highest BCUT2D eigenvalue weighted by Gasteiger charge is 2.03. The van der Waals surface area contributed by atoms with Gasteiger partial charge in [0.25, 0.3) is 0 Å². The van der Waals surface area contributed by atoms with Crippen LogP contribution in [0.15, 0.2) is 34.9 Å². The average molecular weight is 226 g/mol. The first kappa shape index (κ1) is 7.68. The van der Waals surface area contributed by atoms with Crippen molar-refractivity contribution in [2.45, 2.75) is 0 Å². The summed E-state index contributed by atoms with van der Waals surface area (Å²) in [4.78, 5) is 5.13. The third-order valence-electron chi connectivity index (χ3n) is 1.83. The van der Waals surface area contributed by atoms with Crippen molar-refractivity contribution in [2.75, 3.05) is 7.11 Å². The van der Waals surface area contributed by atoms with Gasteiger partial charge in [0.05, 0.1) is 11.7 Å². The zero-order chi connectivity index (χ0) is 8.55. The van der Waals surface area contributed by atoms with E-state index in [0.717, 1.165) is 9.99 Å². The lowest BCUT2D eigenvalue weighted by Crippen LogP contribution is -2.02. The second-order valence-electron chi connectivity index (χ2n) is 2.50. The van der Waals surface area contributed by atoms with Gasteiger partial charge < -0.3 is 4.84 Å². The normalized spacial score (nSPS) is 10.5. The molecule has 0 atom stereocenters. The van der Waals surface area contributed by atoms with Gasteiger partial charge in [-0.05, 0) is 22.0 Å². The molecule has 1 aromatic heterocycles. The fourth-order valence-electron chi connectivity index (χ4n) is 1.26. The molecule has 2 nitrogen and oxygen atoms in total. The molecule has 12 heavy (non-hydrogen) atoms. The predicted octanol–water partition coefficient (Wildman–Crippen LogP) is 2.46. The van der Waals surface area contributed by atoms with E-state index >= 15 is 0 Å². The van der Waals surface area contributed by atoms with Gasteiger partial charge in [0.2, 0.25) is 0 Å². The van der Waals surface area contributed by atoms with Gasteiger partial charge in [0.1, 0.15) is 7.11 Å². The number of halogens is 1. The van der Waals surface area contributed by atoms with Crippen molar-refractivity contribution in [1.82, 2.24) is 4.73 Å². The van der Waals surface area contributed by atoms with Gasteiger partial charge in [-0.1, -0.05) is 18.2 Å². The van der Waals surface area contributed by atoms with Crippen LogP contribution < -0.4 is 4.84 Å². The molecule has 1 aromatic carbocycles. The Morgan fingerprint density at radius 1 is 1.33 bits per heavy atom. The van der Waals surface area contributed by atoms with Crippen LogP contribution >= 0.6 is 15.9 Å². The summed E-state index contributed by atoms with van der Waals surface area (Å²) in [5.74, 6) is 0. The molecule has 0 aliphatic carbocycles. The Labute approximate surface area is 78.8 Å². The summed E-state index contributed by atoms with van der Waals surface area (Å²) in [5.41, 5.74) is 1.08. The summed E-state index contributed by atoms with van der Waals surface area (Å²) < 4.78 is 2.79. The van der Waals surface area contributed by atoms with Crippen molar-refractivity contribution in [1.29, 1.82) is 0 Å². The monoisotopic (exact) mass is 225 g/mol. The standard InChI is InChI=1S/C9H8BrNO/c1-12-11-6-8(10)7-4-2-3-5-9(7)11/h2-6H,1H3. The number of rotatable bonds is 1. The van der Waals surface area contributed by atoms with Crippen molar-refractivity contribution in [2.24, 2.45) is 0 Å².